The zero-order valence-corrected chi connectivity index (χ0v) is 12.5. The third-order valence-corrected chi connectivity index (χ3v) is 4.92. The fraction of sp³-hybridized carbons (Fsp3) is 0.647. The molecule has 3 heteroatoms. The van der Waals surface area contributed by atoms with Gasteiger partial charge in [-0.1, -0.05) is 37.3 Å². The summed E-state index contributed by atoms with van der Waals surface area (Å²) in [6.07, 6.45) is 2.47. The van der Waals surface area contributed by atoms with Crippen LogP contribution in [0.2, 0.25) is 0 Å². The van der Waals surface area contributed by atoms with Gasteiger partial charge in [-0.25, -0.2) is 0 Å². The Morgan fingerprint density at radius 3 is 2.55 bits per heavy atom. The van der Waals surface area contributed by atoms with Gasteiger partial charge in [0.1, 0.15) is 0 Å². The molecule has 3 unspecified atom stereocenters. The van der Waals surface area contributed by atoms with E-state index in [0.29, 0.717) is 6.04 Å². The first-order chi connectivity index (χ1) is 9.72. The van der Waals surface area contributed by atoms with Gasteiger partial charge in [0.2, 0.25) is 0 Å². The molecule has 0 radical (unpaired) electrons. The number of benzene rings is 1. The number of likely N-dealkylation sites (tertiary alicyclic amines) is 2. The van der Waals surface area contributed by atoms with Gasteiger partial charge in [0, 0.05) is 38.3 Å². The van der Waals surface area contributed by atoms with Gasteiger partial charge in [0.05, 0.1) is 0 Å². The van der Waals surface area contributed by atoms with Crippen molar-refractivity contribution < 1.29 is 0 Å². The zero-order valence-electron chi connectivity index (χ0n) is 12.5. The van der Waals surface area contributed by atoms with Crippen LogP contribution in [0.25, 0.3) is 0 Å². The molecule has 0 aromatic heterocycles. The standard InChI is InChI=1S/C17H27N3/c1-14-11-19(12-15-5-3-2-4-6-15)9-8-17(14)20-10-7-16(18)13-20/h2-6,14,16-17H,7-13,18H2,1H3. The van der Waals surface area contributed by atoms with Crippen molar-refractivity contribution in [3.8, 4) is 0 Å². The topological polar surface area (TPSA) is 32.5 Å². The summed E-state index contributed by atoms with van der Waals surface area (Å²) in [7, 11) is 0. The Morgan fingerprint density at radius 2 is 1.90 bits per heavy atom. The smallest absolute Gasteiger partial charge is 0.0233 e. The minimum atomic E-state index is 0.407. The summed E-state index contributed by atoms with van der Waals surface area (Å²) in [5.41, 5.74) is 7.49. The lowest BCUT2D eigenvalue weighted by Crippen LogP contribution is -2.49. The van der Waals surface area contributed by atoms with E-state index in [1.54, 1.807) is 0 Å². The molecule has 0 saturated carbocycles. The Balaban J connectivity index is 1.54. The van der Waals surface area contributed by atoms with Crippen LogP contribution in [0.3, 0.4) is 0 Å². The molecule has 0 aliphatic carbocycles. The van der Waals surface area contributed by atoms with E-state index in [9.17, 15) is 0 Å². The lowest BCUT2D eigenvalue weighted by molar-refractivity contribution is 0.0741. The van der Waals surface area contributed by atoms with Gasteiger partial charge >= 0.3 is 0 Å². The van der Waals surface area contributed by atoms with Crippen LogP contribution in [0, 0.1) is 5.92 Å². The quantitative estimate of drug-likeness (QED) is 0.913. The average molecular weight is 273 g/mol. The molecule has 2 heterocycles. The van der Waals surface area contributed by atoms with Gasteiger partial charge in [0.25, 0.3) is 0 Å². The van der Waals surface area contributed by atoms with Crippen LogP contribution in [0.15, 0.2) is 30.3 Å². The monoisotopic (exact) mass is 273 g/mol. The number of nitrogens with two attached hydrogens (primary N) is 1. The Morgan fingerprint density at radius 1 is 1.10 bits per heavy atom. The second-order valence-corrected chi connectivity index (χ2v) is 6.60. The largest absolute Gasteiger partial charge is 0.326 e. The van der Waals surface area contributed by atoms with Crippen LogP contribution in [0.4, 0.5) is 0 Å². The van der Waals surface area contributed by atoms with E-state index >= 15 is 0 Å². The molecule has 3 nitrogen and oxygen atoms in total. The van der Waals surface area contributed by atoms with Crippen LogP contribution < -0.4 is 5.73 Å². The van der Waals surface area contributed by atoms with Gasteiger partial charge in [-0.15, -0.1) is 0 Å². The summed E-state index contributed by atoms with van der Waals surface area (Å²) < 4.78 is 0. The highest BCUT2D eigenvalue weighted by atomic mass is 15.2. The van der Waals surface area contributed by atoms with Crippen molar-refractivity contribution in [1.29, 1.82) is 0 Å². The molecule has 2 saturated heterocycles. The van der Waals surface area contributed by atoms with E-state index in [2.05, 4.69) is 47.1 Å². The average Bonchev–Trinajstić information content (AvgIpc) is 2.86. The molecule has 3 rings (SSSR count). The third kappa shape index (κ3) is 3.22. The molecule has 0 amide bonds. The number of hydrogen-bond donors (Lipinski definition) is 1. The first-order valence-electron chi connectivity index (χ1n) is 7.98. The molecule has 110 valence electrons. The molecule has 3 atom stereocenters. The van der Waals surface area contributed by atoms with E-state index < -0.39 is 0 Å². The molecular weight excluding hydrogens is 246 g/mol. The maximum atomic E-state index is 6.05. The number of piperidine rings is 1. The van der Waals surface area contributed by atoms with E-state index in [4.69, 9.17) is 5.73 Å². The fourth-order valence-corrected chi connectivity index (χ4v) is 3.86. The summed E-state index contributed by atoms with van der Waals surface area (Å²) >= 11 is 0. The first kappa shape index (κ1) is 14.1. The summed E-state index contributed by atoms with van der Waals surface area (Å²) in [6.45, 7) is 8.24. The molecule has 2 fully saturated rings. The highest BCUT2D eigenvalue weighted by molar-refractivity contribution is 5.14. The highest BCUT2D eigenvalue weighted by Crippen LogP contribution is 2.26. The molecule has 2 aliphatic heterocycles. The van der Waals surface area contributed by atoms with Crippen molar-refractivity contribution in [3.63, 3.8) is 0 Å². The predicted octanol–water partition coefficient (Wildman–Crippen LogP) is 1.93. The normalized spacial score (nSPS) is 32.6. The van der Waals surface area contributed by atoms with Gasteiger partial charge < -0.3 is 5.73 Å². The van der Waals surface area contributed by atoms with Crippen molar-refractivity contribution >= 4 is 0 Å². The maximum absolute atomic E-state index is 6.05. The van der Waals surface area contributed by atoms with Gasteiger partial charge in [0.15, 0.2) is 0 Å². The van der Waals surface area contributed by atoms with Crippen LogP contribution in [0.5, 0.6) is 0 Å². The van der Waals surface area contributed by atoms with Crippen molar-refractivity contribution in [2.75, 3.05) is 26.2 Å². The van der Waals surface area contributed by atoms with Gasteiger partial charge in [-0.05, 0) is 30.9 Å². The van der Waals surface area contributed by atoms with Crippen molar-refractivity contribution in [2.45, 2.75) is 38.4 Å². The summed E-state index contributed by atoms with van der Waals surface area (Å²) in [5.74, 6) is 0.748. The lowest BCUT2D eigenvalue weighted by Gasteiger charge is -2.41. The molecule has 2 N–H and O–H groups in total. The van der Waals surface area contributed by atoms with Crippen molar-refractivity contribution in [2.24, 2.45) is 11.7 Å². The van der Waals surface area contributed by atoms with E-state index in [1.807, 2.05) is 0 Å². The molecular formula is C17H27N3. The Kier molecular flexibility index (Phi) is 4.39. The van der Waals surface area contributed by atoms with Crippen LogP contribution >= 0.6 is 0 Å². The third-order valence-electron chi connectivity index (χ3n) is 4.92. The number of hydrogen-bond acceptors (Lipinski definition) is 3. The summed E-state index contributed by atoms with van der Waals surface area (Å²) in [4.78, 5) is 5.24. The lowest BCUT2D eigenvalue weighted by atomic mass is 9.92. The van der Waals surface area contributed by atoms with Crippen LogP contribution in [-0.2, 0) is 6.54 Å². The zero-order chi connectivity index (χ0) is 13.9. The predicted molar refractivity (Wildman–Crippen MR) is 83.5 cm³/mol. The van der Waals surface area contributed by atoms with Crippen LogP contribution in [-0.4, -0.2) is 48.1 Å². The van der Waals surface area contributed by atoms with E-state index in [-0.39, 0.29) is 0 Å². The minimum Gasteiger partial charge on any atom is -0.326 e. The van der Waals surface area contributed by atoms with E-state index in [1.165, 1.54) is 38.0 Å². The highest BCUT2D eigenvalue weighted by Gasteiger charge is 2.33. The molecule has 20 heavy (non-hydrogen) atoms. The van der Waals surface area contributed by atoms with E-state index in [0.717, 1.165) is 25.0 Å². The second-order valence-electron chi connectivity index (χ2n) is 6.60. The summed E-state index contributed by atoms with van der Waals surface area (Å²) in [5, 5.41) is 0. The fourth-order valence-electron chi connectivity index (χ4n) is 3.86. The SMILES string of the molecule is CC1CN(Cc2ccccc2)CCC1N1CCC(N)C1. The molecule has 2 aliphatic rings. The van der Waals surface area contributed by atoms with Gasteiger partial charge in [-0.3, -0.25) is 9.80 Å². The minimum absolute atomic E-state index is 0.407. The molecule has 1 aromatic carbocycles. The van der Waals surface area contributed by atoms with Crippen molar-refractivity contribution in [3.05, 3.63) is 35.9 Å². The van der Waals surface area contributed by atoms with Crippen molar-refractivity contribution in [1.82, 2.24) is 9.80 Å². The molecule has 0 bridgehead atoms. The molecule has 1 aromatic rings. The Bertz CT molecular complexity index is 420. The number of rotatable bonds is 3. The molecule has 0 spiro atoms. The second kappa shape index (κ2) is 6.25. The van der Waals surface area contributed by atoms with Gasteiger partial charge in [-0.2, -0.15) is 0 Å². The first-order valence-corrected chi connectivity index (χ1v) is 7.98. The maximum Gasteiger partial charge on any atom is 0.0233 e. The van der Waals surface area contributed by atoms with Crippen LogP contribution in [0.1, 0.15) is 25.3 Å². The Labute approximate surface area is 122 Å². The summed E-state index contributed by atoms with van der Waals surface area (Å²) in [6, 6.07) is 12.0. The number of nitrogens with zero attached hydrogens (tertiary/aromatic N) is 2. The Hall–Kier alpha value is -0.900.